The lowest BCUT2D eigenvalue weighted by Crippen LogP contribution is -1.86. The van der Waals surface area contributed by atoms with Crippen LogP contribution in [0.1, 0.15) is 18.9 Å². The van der Waals surface area contributed by atoms with Gasteiger partial charge in [0.15, 0.2) is 0 Å². The number of aromatic amines is 1. The summed E-state index contributed by atoms with van der Waals surface area (Å²) in [5.74, 6) is 0. The van der Waals surface area contributed by atoms with Gasteiger partial charge >= 0.3 is 0 Å². The van der Waals surface area contributed by atoms with Gasteiger partial charge in [-0.3, -0.25) is 0 Å². The highest BCUT2D eigenvalue weighted by molar-refractivity contribution is 6.21. The van der Waals surface area contributed by atoms with Crippen LogP contribution in [0.2, 0.25) is 0 Å². The first-order valence-electron chi connectivity index (χ1n) is 7.29. The molecule has 1 aromatic heterocycles. The van der Waals surface area contributed by atoms with Crippen molar-refractivity contribution in [1.82, 2.24) is 4.98 Å². The molecule has 98 valence electrons. The van der Waals surface area contributed by atoms with Crippen LogP contribution in [0.15, 0.2) is 54.6 Å². The van der Waals surface area contributed by atoms with Crippen molar-refractivity contribution in [2.24, 2.45) is 0 Å². The number of nitrogens with one attached hydrogen (secondary N) is 1. The summed E-state index contributed by atoms with van der Waals surface area (Å²) in [6, 6.07) is 19.7. The summed E-state index contributed by atoms with van der Waals surface area (Å²) < 4.78 is 0. The van der Waals surface area contributed by atoms with Crippen molar-refractivity contribution in [3.05, 3.63) is 60.2 Å². The fourth-order valence-electron chi connectivity index (χ4n) is 3.27. The molecule has 0 bridgehead atoms. The number of H-pyrrole nitrogens is 1. The van der Waals surface area contributed by atoms with Crippen molar-refractivity contribution in [2.75, 3.05) is 0 Å². The molecule has 1 nitrogen and oxygen atoms in total. The first kappa shape index (κ1) is 11.5. The second-order valence-corrected chi connectivity index (χ2v) is 5.42. The summed E-state index contributed by atoms with van der Waals surface area (Å²) in [7, 11) is 0. The number of aromatic nitrogens is 1. The zero-order valence-corrected chi connectivity index (χ0v) is 11.6. The molecule has 4 aromatic rings. The van der Waals surface area contributed by atoms with Crippen molar-refractivity contribution in [1.29, 1.82) is 0 Å². The van der Waals surface area contributed by atoms with Gasteiger partial charge in [-0.25, -0.2) is 0 Å². The van der Waals surface area contributed by atoms with Gasteiger partial charge in [0.2, 0.25) is 0 Å². The molecule has 0 saturated heterocycles. The van der Waals surface area contributed by atoms with Crippen LogP contribution in [-0.4, -0.2) is 4.98 Å². The molecule has 1 heteroatoms. The van der Waals surface area contributed by atoms with E-state index in [-0.39, 0.29) is 0 Å². The Labute approximate surface area is 118 Å². The van der Waals surface area contributed by atoms with Crippen molar-refractivity contribution in [3.63, 3.8) is 0 Å². The zero-order valence-electron chi connectivity index (χ0n) is 11.6. The number of rotatable bonds is 2. The van der Waals surface area contributed by atoms with E-state index in [1.807, 2.05) is 0 Å². The lowest BCUT2D eigenvalue weighted by atomic mass is 9.96. The first-order chi connectivity index (χ1) is 9.88. The van der Waals surface area contributed by atoms with Gasteiger partial charge in [-0.05, 0) is 34.9 Å². The average Bonchev–Trinajstić information content (AvgIpc) is 2.86. The normalized spacial score (nSPS) is 11.7. The molecule has 1 heterocycles. The predicted molar refractivity (Wildman–Crippen MR) is 87.3 cm³/mol. The summed E-state index contributed by atoms with van der Waals surface area (Å²) >= 11 is 0. The Bertz CT molecular complexity index is 915. The van der Waals surface area contributed by atoms with Crippen molar-refractivity contribution >= 4 is 32.6 Å². The minimum Gasteiger partial charge on any atom is -0.354 e. The number of para-hydroxylation sites is 1. The summed E-state index contributed by atoms with van der Waals surface area (Å²) in [5, 5.41) is 5.47. The van der Waals surface area contributed by atoms with Crippen LogP contribution in [0.3, 0.4) is 0 Å². The molecule has 0 aliphatic heterocycles. The molecule has 0 unspecified atom stereocenters. The zero-order chi connectivity index (χ0) is 13.5. The molecule has 0 atom stereocenters. The molecule has 0 radical (unpaired) electrons. The van der Waals surface area contributed by atoms with Gasteiger partial charge in [-0.2, -0.15) is 0 Å². The third-order valence-electron chi connectivity index (χ3n) is 4.12. The lowest BCUT2D eigenvalue weighted by Gasteiger charge is -2.07. The van der Waals surface area contributed by atoms with Gasteiger partial charge in [0.05, 0.1) is 0 Å². The lowest BCUT2D eigenvalue weighted by molar-refractivity contribution is 0.930. The SMILES string of the molecule is CCCc1cccc2ccc3[nH]c4ccccc4c3c12. The van der Waals surface area contributed by atoms with Gasteiger partial charge in [0.1, 0.15) is 0 Å². The highest BCUT2D eigenvalue weighted by atomic mass is 14.7. The Morgan fingerprint density at radius 1 is 0.800 bits per heavy atom. The number of hydrogen-bond acceptors (Lipinski definition) is 0. The number of fused-ring (bicyclic) bond motifs is 5. The van der Waals surface area contributed by atoms with E-state index in [1.54, 1.807) is 0 Å². The Morgan fingerprint density at radius 2 is 1.70 bits per heavy atom. The van der Waals surface area contributed by atoms with Gasteiger partial charge < -0.3 is 4.98 Å². The van der Waals surface area contributed by atoms with E-state index in [1.165, 1.54) is 44.6 Å². The second kappa shape index (κ2) is 4.38. The maximum absolute atomic E-state index is 3.54. The highest BCUT2D eigenvalue weighted by Crippen LogP contribution is 2.34. The van der Waals surface area contributed by atoms with Gasteiger partial charge in [0, 0.05) is 21.8 Å². The van der Waals surface area contributed by atoms with Crippen LogP contribution in [0.4, 0.5) is 0 Å². The number of aryl methyl sites for hydroxylation is 1. The molecule has 0 saturated carbocycles. The summed E-state index contributed by atoms with van der Waals surface area (Å²) in [6.07, 6.45) is 2.31. The minimum absolute atomic E-state index is 1.13. The van der Waals surface area contributed by atoms with Crippen LogP contribution in [0.25, 0.3) is 32.6 Å². The molecule has 20 heavy (non-hydrogen) atoms. The Balaban J connectivity index is 2.26. The maximum Gasteiger partial charge on any atom is 0.0471 e. The first-order valence-corrected chi connectivity index (χ1v) is 7.29. The van der Waals surface area contributed by atoms with E-state index in [9.17, 15) is 0 Å². The summed E-state index contributed by atoms with van der Waals surface area (Å²) in [5.41, 5.74) is 3.92. The Hall–Kier alpha value is -2.28. The fourth-order valence-corrected chi connectivity index (χ4v) is 3.27. The Morgan fingerprint density at radius 3 is 2.60 bits per heavy atom. The average molecular weight is 259 g/mol. The second-order valence-electron chi connectivity index (χ2n) is 5.42. The molecule has 0 aliphatic carbocycles. The molecule has 0 amide bonds. The molecular formula is C19H17N. The van der Waals surface area contributed by atoms with Crippen molar-refractivity contribution < 1.29 is 0 Å². The maximum atomic E-state index is 3.54. The van der Waals surface area contributed by atoms with Crippen LogP contribution < -0.4 is 0 Å². The fraction of sp³-hybridized carbons (Fsp3) is 0.158. The summed E-state index contributed by atoms with van der Waals surface area (Å²) in [4.78, 5) is 3.54. The molecule has 0 spiro atoms. The third kappa shape index (κ3) is 1.56. The third-order valence-corrected chi connectivity index (χ3v) is 4.12. The number of benzene rings is 3. The smallest absolute Gasteiger partial charge is 0.0471 e. The molecule has 4 rings (SSSR count). The van der Waals surface area contributed by atoms with E-state index < -0.39 is 0 Å². The molecule has 1 N–H and O–H groups in total. The van der Waals surface area contributed by atoms with Crippen LogP contribution in [0.5, 0.6) is 0 Å². The van der Waals surface area contributed by atoms with Crippen LogP contribution in [-0.2, 0) is 6.42 Å². The van der Waals surface area contributed by atoms with E-state index in [2.05, 4.69) is 66.5 Å². The minimum atomic E-state index is 1.13. The molecule has 0 fully saturated rings. The van der Waals surface area contributed by atoms with E-state index in [4.69, 9.17) is 0 Å². The Kier molecular flexibility index (Phi) is 2.53. The van der Waals surface area contributed by atoms with E-state index in [0.717, 1.165) is 6.42 Å². The highest BCUT2D eigenvalue weighted by Gasteiger charge is 2.10. The van der Waals surface area contributed by atoms with Gasteiger partial charge in [0.25, 0.3) is 0 Å². The quantitative estimate of drug-likeness (QED) is 0.494. The van der Waals surface area contributed by atoms with Gasteiger partial charge in [-0.15, -0.1) is 0 Å². The molecular weight excluding hydrogens is 242 g/mol. The van der Waals surface area contributed by atoms with E-state index >= 15 is 0 Å². The predicted octanol–water partition coefficient (Wildman–Crippen LogP) is 5.43. The summed E-state index contributed by atoms with van der Waals surface area (Å²) in [6.45, 7) is 2.24. The number of hydrogen-bond donors (Lipinski definition) is 1. The molecule has 3 aromatic carbocycles. The largest absolute Gasteiger partial charge is 0.354 e. The van der Waals surface area contributed by atoms with Gasteiger partial charge in [-0.1, -0.05) is 55.8 Å². The monoisotopic (exact) mass is 259 g/mol. The standard InChI is InChI=1S/C19H17N/c1-2-6-13-7-5-8-14-11-12-17-19(18(13)14)15-9-3-4-10-16(15)20-17/h3-5,7-12,20H,2,6H2,1H3. The van der Waals surface area contributed by atoms with Crippen LogP contribution >= 0.6 is 0 Å². The van der Waals surface area contributed by atoms with Crippen LogP contribution in [0, 0.1) is 0 Å². The molecule has 0 aliphatic rings. The topological polar surface area (TPSA) is 15.8 Å². The van der Waals surface area contributed by atoms with Crippen molar-refractivity contribution in [2.45, 2.75) is 19.8 Å². The van der Waals surface area contributed by atoms with Crippen molar-refractivity contribution in [3.8, 4) is 0 Å². The van der Waals surface area contributed by atoms with E-state index in [0.29, 0.717) is 0 Å².